The van der Waals surface area contributed by atoms with E-state index >= 15 is 0 Å². The zero-order valence-corrected chi connectivity index (χ0v) is 18.0. The van der Waals surface area contributed by atoms with Gasteiger partial charge in [-0.25, -0.2) is 4.79 Å². The van der Waals surface area contributed by atoms with Gasteiger partial charge in [0.2, 0.25) is 0 Å². The predicted octanol–water partition coefficient (Wildman–Crippen LogP) is 4.19. The summed E-state index contributed by atoms with van der Waals surface area (Å²) >= 11 is 0. The summed E-state index contributed by atoms with van der Waals surface area (Å²) in [5.74, 6) is -0.0319. The highest BCUT2D eigenvalue weighted by Crippen LogP contribution is 2.51. The van der Waals surface area contributed by atoms with Crippen molar-refractivity contribution in [1.82, 2.24) is 5.06 Å². The molecule has 0 aromatic heterocycles. The Balaban J connectivity index is 1.51. The lowest BCUT2D eigenvalue weighted by Crippen LogP contribution is -2.45. The SMILES string of the molecule is COC(=O)/C=C/CCC[C@@]12CCC[C@@H]1[C@H](C)ON2CCC(=O)OCc1ccccc1. The fourth-order valence-corrected chi connectivity index (χ4v) is 4.93. The fraction of sp³-hybridized carbons (Fsp3) is 0.583. The van der Waals surface area contributed by atoms with Crippen LogP contribution >= 0.6 is 0 Å². The van der Waals surface area contributed by atoms with Crippen LogP contribution in [0.4, 0.5) is 0 Å². The molecule has 2 aliphatic rings. The summed E-state index contributed by atoms with van der Waals surface area (Å²) in [5, 5.41) is 2.07. The van der Waals surface area contributed by atoms with E-state index < -0.39 is 0 Å². The van der Waals surface area contributed by atoms with E-state index in [0.29, 0.717) is 25.5 Å². The van der Waals surface area contributed by atoms with Gasteiger partial charge in [0.15, 0.2) is 0 Å². The molecule has 1 saturated carbocycles. The lowest BCUT2D eigenvalue weighted by Gasteiger charge is -2.36. The number of benzene rings is 1. The maximum atomic E-state index is 12.3. The Labute approximate surface area is 179 Å². The van der Waals surface area contributed by atoms with Crippen LogP contribution in [0.1, 0.15) is 57.4 Å². The van der Waals surface area contributed by atoms with Gasteiger partial charge in [0.05, 0.1) is 25.2 Å². The summed E-state index contributed by atoms with van der Waals surface area (Å²) in [7, 11) is 1.38. The van der Waals surface area contributed by atoms with E-state index in [-0.39, 0.29) is 23.6 Å². The number of fused-ring (bicyclic) bond motifs is 1. The number of hydrogen-bond acceptors (Lipinski definition) is 6. The van der Waals surface area contributed by atoms with Crippen LogP contribution in [0.5, 0.6) is 0 Å². The van der Waals surface area contributed by atoms with Crippen LogP contribution < -0.4 is 0 Å². The minimum absolute atomic E-state index is 0.0156. The number of rotatable bonds is 10. The van der Waals surface area contributed by atoms with Gasteiger partial charge < -0.3 is 9.47 Å². The lowest BCUT2D eigenvalue weighted by atomic mass is 9.80. The monoisotopic (exact) mass is 415 g/mol. The number of methoxy groups -OCH3 is 1. The van der Waals surface area contributed by atoms with Crippen molar-refractivity contribution in [2.45, 2.75) is 70.1 Å². The molecular weight excluding hydrogens is 382 g/mol. The Hall–Kier alpha value is -2.18. The molecule has 0 N–H and O–H groups in total. The second-order valence-electron chi connectivity index (χ2n) is 8.23. The highest BCUT2D eigenvalue weighted by atomic mass is 16.7. The van der Waals surface area contributed by atoms with Crippen molar-refractivity contribution in [3.63, 3.8) is 0 Å². The molecule has 0 unspecified atom stereocenters. The molecule has 3 atom stereocenters. The van der Waals surface area contributed by atoms with E-state index in [1.807, 2.05) is 36.4 Å². The van der Waals surface area contributed by atoms with Gasteiger partial charge in [-0.15, -0.1) is 0 Å². The molecule has 1 aliphatic heterocycles. The van der Waals surface area contributed by atoms with Crippen molar-refractivity contribution in [2.75, 3.05) is 13.7 Å². The Morgan fingerprint density at radius 3 is 2.87 bits per heavy atom. The number of carbonyl (C=O) groups excluding carboxylic acids is 2. The van der Waals surface area contributed by atoms with Gasteiger partial charge in [-0.05, 0) is 44.6 Å². The van der Waals surface area contributed by atoms with Gasteiger partial charge in [0.25, 0.3) is 0 Å². The zero-order valence-electron chi connectivity index (χ0n) is 18.0. The van der Waals surface area contributed by atoms with Crippen molar-refractivity contribution in [1.29, 1.82) is 0 Å². The first kappa shape index (κ1) is 22.5. The number of hydrogen-bond donors (Lipinski definition) is 0. The van der Waals surface area contributed by atoms with E-state index in [1.54, 1.807) is 0 Å². The zero-order chi connectivity index (χ0) is 21.4. The molecule has 30 heavy (non-hydrogen) atoms. The maximum absolute atomic E-state index is 12.3. The largest absolute Gasteiger partial charge is 0.466 e. The first-order chi connectivity index (χ1) is 14.5. The first-order valence-corrected chi connectivity index (χ1v) is 10.9. The van der Waals surface area contributed by atoms with Gasteiger partial charge in [0.1, 0.15) is 6.61 Å². The van der Waals surface area contributed by atoms with Crippen molar-refractivity contribution < 1.29 is 23.9 Å². The predicted molar refractivity (Wildman–Crippen MR) is 113 cm³/mol. The highest BCUT2D eigenvalue weighted by molar-refractivity contribution is 5.81. The maximum Gasteiger partial charge on any atom is 0.330 e. The van der Waals surface area contributed by atoms with Crippen LogP contribution in [0.2, 0.25) is 0 Å². The summed E-state index contributed by atoms with van der Waals surface area (Å²) < 4.78 is 10.1. The standard InChI is InChI=1S/C24H33NO5/c1-19-21-12-9-16-24(21,15-8-4-7-13-22(26)28-2)25(30-19)17-14-23(27)29-18-20-10-5-3-6-11-20/h3,5-7,10-11,13,19,21H,4,8-9,12,14-18H2,1-2H3/b13-7+/t19-,21+,24+/m0/s1. The summed E-state index contributed by atoms with van der Waals surface area (Å²) in [6, 6.07) is 9.72. The minimum atomic E-state index is -0.319. The number of hydroxylamine groups is 2. The molecule has 1 saturated heterocycles. The first-order valence-electron chi connectivity index (χ1n) is 10.9. The van der Waals surface area contributed by atoms with Crippen molar-refractivity contribution in [2.24, 2.45) is 5.92 Å². The van der Waals surface area contributed by atoms with Gasteiger partial charge >= 0.3 is 11.9 Å². The number of esters is 2. The Bertz CT molecular complexity index is 734. The fourth-order valence-electron chi connectivity index (χ4n) is 4.93. The van der Waals surface area contributed by atoms with E-state index in [9.17, 15) is 9.59 Å². The Kier molecular flexibility index (Phi) is 8.05. The van der Waals surface area contributed by atoms with Crippen molar-refractivity contribution in [3.05, 3.63) is 48.0 Å². The number of unbranched alkanes of at least 4 members (excludes halogenated alkanes) is 1. The van der Waals surface area contributed by atoms with Crippen molar-refractivity contribution in [3.8, 4) is 0 Å². The van der Waals surface area contributed by atoms with Crippen LogP contribution in [0.3, 0.4) is 0 Å². The van der Waals surface area contributed by atoms with Crippen LogP contribution in [0.25, 0.3) is 0 Å². The molecule has 1 heterocycles. The molecule has 1 aromatic rings. The van der Waals surface area contributed by atoms with Gasteiger partial charge in [-0.3, -0.25) is 9.63 Å². The molecule has 1 aliphatic carbocycles. The molecule has 6 heteroatoms. The highest BCUT2D eigenvalue weighted by Gasteiger charge is 2.55. The molecular formula is C24H33NO5. The number of ether oxygens (including phenoxy) is 2. The summed E-state index contributed by atoms with van der Waals surface area (Å²) in [4.78, 5) is 29.7. The molecule has 0 bridgehead atoms. The van der Waals surface area contributed by atoms with E-state index in [1.165, 1.54) is 19.6 Å². The molecule has 1 aromatic carbocycles. The Morgan fingerprint density at radius 2 is 2.10 bits per heavy atom. The molecule has 164 valence electrons. The topological polar surface area (TPSA) is 65.1 Å². The third-order valence-corrected chi connectivity index (χ3v) is 6.37. The summed E-state index contributed by atoms with van der Waals surface area (Å²) in [5.41, 5.74) is 0.974. The van der Waals surface area contributed by atoms with E-state index in [2.05, 4.69) is 16.7 Å². The Morgan fingerprint density at radius 1 is 1.30 bits per heavy atom. The number of nitrogens with zero attached hydrogens (tertiary/aromatic N) is 1. The third kappa shape index (κ3) is 5.49. The quantitative estimate of drug-likeness (QED) is 0.324. The second-order valence-corrected chi connectivity index (χ2v) is 8.23. The smallest absolute Gasteiger partial charge is 0.330 e. The molecule has 0 amide bonds. The minimum Gasteiger partial charge on any atom is -0.466 e. The van der Waals surface area contributed by atoms with Crippen molar-refractivity contribution >= 4 is 11.9 Å². The molecule has 3 rings (SSSR count). The normalized spacial score (nSPS) is 26.1. The second kappa shape index (κ2) is 10.7. The molecule has 2 fully saturated rings. The van der Waals surface area contributed by atoms with Crippen LogP contribution in [-0.2, 0) is 30.5 Å². The van der Waals surface area contributed by atoms with Gasteiger partial charge in [0, 0.05) is 18.5 Å². The van der Waals surface area contributed by atoms with E-state index in [0.717, 1.165) is 37.7 Å². The summed E-state index contributed by atoms with van der Waals surface area (Å²) in [6.45, 7) is 2.99. The number of carbonyl (C=O) groups is 2. The van der Waals surface area contributed by atoms with Crippen LogP contribution in [0, 0.1) is 5.92 Å². The molecule has 6 nitrogen and oxygen atoms in total. The lowest BCUT2D eigenvalue weighted by molar-refractivity contribution is -0.191. The van der Waals surface area contributed by atoms with E-state index in [4.69, 9.17) is 9.57 Å². The van der Waals surface area contributed by atoms with Crippen LogP contribution in [0.15, 0.2) is 42.5 Å². The molecule has 0 radical (unpaired) electrons. The average molecular weight is 416 g/mol. The van der Waals surface area contributed by atoms with Gasteiger partial charge in [-0.2, -0.15) is 5.06 Å². The average Bonchev–Trinajstić information content (AvgIpc) is 3.30. The van der Waals surface area contributed by atoms with Gasteiger partial charge in [-0.1, -0.05) is 42.8 Å². The third-order valence-electron chi connectivity index (χ3n) is 6.37. The molecule has 0 spiro atoms. The number of allylic oxidation sites excluding steroid dienone is 1. The van der Waals surface area contributed by atoms with Crippen LogP contribution in [-0.4, -0.2) is 42.3 Å². The summed E-state index contributed by atoms with van der Waals surface area (Å²) in [6.07, 6.45) is 10.1.